The summed E-state index contributed by atoms with van der Waals surface area (Å²) in [6, 6.07) is 10.5. The Morgan fingerprint density at radius 2 is 1.20 bits per heavy atom. The molecule has 0 aliphatic carbocycles. The fourth-order valence-corrected chi connectivity index (χ4v) is 6.12. The first-order valence-corrected chi connectivity index (χ1v) is 18.7. The third-order valence-electron chi connectivity index (χ3n) is 9.15. The maximum atomic E-state index is 13.5. The van der Waals surface area contributed by atoms with Crippen molar-refractivity contribution in [3.05, 3.63) is 71.5 Å². The van der Waals surface area contributed by atoms with Gasteiger partial charge in [-0.15, -0.1) is 0 Å². The van der Waals surface area contributed by atoms with Crippen molar-refractivity contribution >= 4 is 11.9 Å². The van der Waals surface area contributed by atoms with Crippen LogP contribution in [0.15, 0.2) is 54.9 Å². The van der Waals surface area contributed by atoms with Crippen molar-refractivity contribution in [1.29, 1.82) is 0 Å². The number of benzene rings is 2. The molecule has 0 saturated carbocycles. The molecule has 0 fully saturated rings. The molecular weight excluding hydrogens is 641 g/mol. The summed E-state index contributed by atoms with van der Waals surface area (Å²) in [6.45, 7) is 4.22. The Kier molecular flexibility index (Phi) is 18.0. The van der Waals surface area contributed by atoms with Crippen molar-refractivity contribution in [2.24, 2.45) is 0 Å². The maximum Gasteiger partial charge on any atom is 0.425 e. The van der Waals surface area contributed by atoms with E-state index in [1.165, 1.54) is 107 Å². The lowest BCUT2D eigenvalue weighted by molar-refractivity contribution is -0.206. The van der Waals surface area contributed by atoms with E-state index in [1.807, 2.05) is 19.3 Å². The fraction of sp³-hybridized carbons (Fsp3) is 0.561. The molecule has 9 heteroatoms. The standard InChI is InChI=1S/C41H55F3N2O4/c1-3-5-7-9-10-11-12-13-14-15-16-17-18-20-31-29-45-38(46-30-31)34-26-27-35(39(47)48)36(28-34)32-22-24-33(25-23-32)40(49)50-37(41(42,43)44)21-19-8-6-4-2/h22-30,37H,3-21H2,1-2H3,(H,47,48)/t37-/m0/s1. The highest BCUT2D eigenvalue weighted by Crippen LogP contribution is 2.31. The molecule has 0 unspecified atom stereocenters. The van der Waals surface area contributed by atoms with Crippen LogP contribution >= 0.6 is 0 Å². The number of carboxylic acids is 1. The molecule has 6 nitrogen and oxygen atoms in total. The van der Waals surface area contributed by atoms with Crippen molar-refractivity contribution in [3.63, 3.8) is 0 Å². The number of nitrogens with zero attached hydrogens (tertiary/aromatic N) is 2. The molecule has 1 heterocycles. The molecule has 50 heavy (non-hydrogen) atoms. The van der Waals surface area contributed by atoms with E-state index in [4.69, 9.17) is 4.74 Å². The summed E-state index contributed by atoms with van der Waals surface area (Å²) < 4.78 is 45.5. The molecule has 0 spiro atoms. The van der Waals surface area contributed by atoms with Crippen LogP contribution in [0.4, 0.5) is 13.2 Å². The third-order valence-corrected chi connectivity index (χ3v) is 9.15. The summed E-state index contributed by atoms with van der Waals surface area (Å²) in [6.07, 6.45) is 17.0. The van der Waals surface area contributed by atoms with E-state index < -0.39 is 24.2 Å². The zero-order chi connectivity index (χ0) is 36.2. The number of hydrogen-bond acceptors (Lipinski definition) is 5. The minimum Gasteiger partial charge on any atom is -0.478 e. The monoisotopic (exact) mass is 696 g/mol. The molecule has 0 saturated heterocycles. The van der Waals surface area contributed by atoms with E-state index in [9.17, 15) is 27.9 Å². The van der Waals surface area contributed by atoms with Gasteiger partial charge in [0.25, 0.3) is 0 Å². The SMILES string of the molecule is CCCCCCCCCCCCCCCc1cnc(-c2ccc(C(=O)O)c(-c3ccc(C(=O)O[C@@H](CCCCCC)C(F)(F)F)cc3)c2)nc1. The van der Waals surface area contributed by atoms with Crippen LogP contribution in [-0.4, -0.2) is 39.3 Å². The van der Waals surface area contributed by atoms with E-state index in [2.05, 4.69) is 16.9 Å². The predicted octanol–water partition coefficient (Wildman–Crippen LogP) is 12.2. The van der Waals surface area contributed by atoms with Gasteiger partial charge in [0.1, 0.15) is 0 Å². The van der Waals surface area contributed by atoms with Gasteiger partial charge in [-0.05, 0) is 66.6 Å². The van der Waals surface area contributed by atoms with Crippen LogP contribution in [0.3, 0.4) is 0 Å². The summed E-state index contributed by atoms with van der Waals surface area (Å²) in [7, 11) is 0. The first-order chi connectivity index (χ1) is 24.1. The lowest BCUT2D eigenvalue weighted by Crippen LogP contribution is -2.33. The number of aromatic carboxylic acids is 1. The maximum absolute atomic E-state index is 13.5. The Morgan fingerprint density at radius 3 is 1.72 bits per heavy atom. The Morgan fingerprint density at radius 1 is 0.700 bits per heavy atom. The van der Waals surface area contributed by atoms with Crippen LogP contribution in [0.2, 0.25) is 0 Å². The Hall–Kier alpha value is -3.75. The van der Waals surface area contributed by atoms with Crippen molar-refractivity contribution in [3.8, 4) is 22.5 Å². The van der Waals surface area contributed by atoms with Gasteiger partial charge in [0, 0.05) is 18.0 Å². The normalized spacial score (nSPS) is 12.2. The van der Waals surface area contributed by atoms with E-state index in [1.54, 1.807) is 12.1 Å². The van der Waals surface area contributed by atoms with Crippen LogP contribution in [0.1, 0.15) is 156 Å². The number of hydrogen-bond donors (Lipinski definition) is 1. The number of aryl methyl sites for hydroxylation is 1. The molecule has 274 valence electrons. The number of halogens is 3. The second-order valence-electron chi connectivity index (χ2n) is 13.3. The number of ether oxygens (including phenoxy) is 1. The molecule has 1 atom stereocenters. The smallest absolute Gasteiger partial charge is 0.425 e. The largest absolute Gasteiger partial charge is 0.478 e. The van der Waals surface area contributed by atoms with Crippen molar-refractivity contribution in [1.82, 2.24) is 9.97 Å². The van der Waals surface area contributed by atoms with Crippen molar-refractivity contribution in [2.45, 2.75) is 148 Å². The van der Waals surface area contributed by atoms with E-state index in [-0.39, 0.29) is 17.5 Å². The van der Waals surface area contributed by atoms with Gasteiger partial charge in [0.15, 0.2) is 11.9 Å². The van der Waals surface area contributed by atoms with Crippen molar-refractivity contribution in [2.75, 3.05) is 0 Å². The number of rotatable bonds is 24. The van der Waals surface area contributed by atoms with E-state index >= 15 is 0 Å². The Labute approximate surface area is 296 Å². The minimum absolute atomic E-state index is 0.0346. The molecule has 0 aliphatic heterocycles. The quantitative estimate of drug-likeness (QED) is 0.0741. The van der Waals surface area contributed by atoms with E-state index in [0.717, 1.165) is 31.2 Å². The van der Waals surface area contributed by atoms with Crippen LogP contribution in [0.5, 0.6) is 0 Å². The van der Waals surface area contributed by atoms with Gasteiger partial charge in [-0.3, -0.25) is 0 Å². The van der Waals surface area contributed by atoms with Gasteiger partial charge in [-0.2, -0.15) is 13.2 Å². The number of carboxylic acid groups (broad SMARTS) is 1. The molecule has 3 aromatic rings. The summed E-state index contributed by atoms with van der Waals surface area (Å²) in [4.78, 5) is 33.8. The molecule has 1 N–H and O–H groups in total. The number of aromatic nitrogens is 2. The number of esters is 1. The van der Waals surface area contributed by atoms with Gasteiger partial charge in [-0.1, -0.05) is 128 Å². The molecule has 2 aromatic carbocycles. The van der Waals surface area contributed by atoms with Gasteiger partial charge < -0.3 is 9.84 Å². The Bertz CT molecular complexity index is 1430. The second-order valence-corrected chi connectivity index (χ2v) is 13.3. The highest BCUT2D eigenvalue weighted by molar-refractivity contribution is 5.97. The molecule has 0 amide bonds. The molecule has 3 rings (SSSR count). The molecule has 0 aliphatic rings. The minimum atomic E-state index is -4.66. The van der Waals surface area contributed by atoms with Crippen LogP contribution < -0.4 is 0 Å². The second kappa shape index (κ2) is 22.1. The van der Waals surface area contributed by atoms with Gasteiger partial charge in [0.05, 0.1) is 11.1 Å². The Balaban J connectivity index is 1.54. The van der Waals surface area contributed by atoms with Gasteiger partial charge >= 0.3 is 18.1 Å². The van der Waals surface area contributed by atoms with Gasteiger partial charge in [0.2, 0.25) is 0 Å². The average molecular weight is 697 g/mol. The predicted molar refractivity (Wildman–Crippen MR) is 193 cm³/mol. The number of alkyl halides is 3. The van der Waals surface area contributed by atoms with Gasteiger partial charge in [-0.25, -0.2) is 19.6 Å². The van der Waals surface area contributed by atoms with Crippen LogP contribution in [0.25, 0.3) is 22.5 Å². The fourth-order valence-electron chi connectivity index (χ4n) is 6.12. The first-order valence-electron chi connectivity index (χ1n) is 18.7. The zero-order valence-electron chi connectivity index (χ0n) is 29.9. The number of carbonyl (C=O) groups is 2. The van der Waals surface area contributed by atoms with Crippen LogP contribution in [-0.2, 0) is 11.2 Å². The topological polar surface area (TPSA) is 89.4 Å². The molecule has 0 bridgehead atoms. The zero-order valence-corrected chi connectivity index (χ0v) is 29.9. The summed E-state index contributed by atoms with van der Waals surface area (Å²) >= 11 is 0. The highest BCUT2D eigenvalue weighted by Gasteiger charge is 2.42. The molecule has 0 radical (unpaired) electrons. The summed E-state index contributed by atoms with van der Waals surface area (Å²) in [5.74, 6) is -1.76. The first kappa shape index (κ1) is 40.7. The third kappa shape index (κ3) is 14.2. The summed E-state index contributed by atoms with van der Waals surface area (Å²) in [5, 5.41) is 9.85. The lowest BCUT2D eigenvalue weighted by Gasteiger charge is -2.20. The molecular formula is C41H55F3N2O4. The number of carbonyl (C=O) groups excluding carboxylic acids is 1. The average Bonchev–Trinajstić information content (AvgIpc) is 3.11. The van der Waals surface area contributed by atoms with E-state index in [0.29, 0.717) is 35.4 Å². The number of unbranched alkanes of at least 4 members (excludes halogenated alkanes) is 15. The molecule has 1 aromatic heterocycles. The lowest BCUT2D eigenvalue weighted by atomic mass is 9.96. The highest BCUT2D eigenvalue weighted by atomic mass is 19.4. The summed E-state index contributed by atoms with van der Waals surface area (Å²) in [5.41, 5.74) is 2.51. The van der Waals surface area contributed by atoms with Crippen molar-refractivity contribution < 1.29 is 32.6 Å². The van der Waals surface area contributed by atoms with Crippen LogP contribution in [0, 0.1) is 0 Å².